The lowest BCUT2D eigenvalue weighted by molar-refractivity contribution is -0.143. The molecule has 0 aliphatic heterocycles. The predicted octanol–water partition coefficient (Wildman–Crippen LogP) is 5.92. The second-order valence-electron chi connectivity index (χ2n) is 10.8. The Bertz CT molecular complexity index is 1510. The quantitative estimate of drug-likeness (QED) is 0.237. The van der Waals surface area contributed by atoms with Crippen molar-refractivity contribution in [2.24, 2.45) is 18.7 Å². The molecule has 226 valence electrons. The molecule has 4 aromatic rings. The average molecular weight is 597 g/mol. The fourth-order valence-electron chi connectivity index (χ4n) is 5.62. The number of halogens is 6. The molecule has 1 aromatic carbocycles. The summed E-state index contributed by atoms with van der Waals surface area (Å²) in [5.41, 5.74) is 5.43. The molecule has 1 atom stereocenters. The lowest BCUT2D eigenvalue weighted by Crippen LogP contribution is -2.27. The second-order valence-corrected chi connectivity index (χ2v) is 10.8. The fourth-order valence-corrected chi connectivity index (χ4v) is 5.62. The van der Waals surface area contributed by atoms with E-state index >= 15 is 0 Å². The first-order chi connectivity index (χ1) is 19.8. The summed E-state index contributed by atoms with van der Waals surface area (Å²) in [4.78, 5) is 7.40. The van der Waals surface area contributed by atoms with E-state index in [2.05, 4.69) is 20.6 Å². The number of nitrogens with zero attached hydrogens (tertiary/aromatic N) is 7. The van der Waals surface area contributed by atoms with E-state index in [4.69, 9.17) is 15.2 Å². The van der Waals surface area contributed by atoms with Crippen LogP contribution in [0.2, 0.25) is 0 Å². The molecule has 5 rings (SSSR count). The number of aryl methyl sites for hydroxylation is 2. The van der Waals surface area contributed by atoms with Gasteiger partial charge in [0.25, 0.3) is 11.7 Å². The lowest BCUT2D eigenvalue weighted by Gasteiger charge is -2.26. The van der Waals surface area contributed by atoms with Crippen LogP contribution in [0.25, 0.3) is 11.1 Å². The van der Waals surface area contributed by atoms with Crippen molar-refractivity contribution >= 4 is 17.0 Å². The van der Waals surface area contributed by atoms with Gasteiger partial charge in [-0.1, -0.05) is 35.9 Å². The molecule has 3 heterocycles. The summed E-state index contributed by atoms with van der Waals surface area (Å²) in [5.74, 6) is 0.348. The van der Waals surface area contributed by atoms with Gasteiger partial charge >= 0.3 is 12.4 Å². The van der Waals surface area contributed by atoms with Crippen LogP contribution >= 0.6 is 0 Å². The van der Waals surface area contributed by atoms with E-state index in [0.717, 1.165) is 36.9 Å². The smallest absolute Gasteiger partial charge is 0.336 e. The summed E-state index contributed by atoms with van der Waals surface area (Å²) in [5, 5.41) is 16.7. The molecule has 1 saturated carbocycles. The number of tetrazole rings is 1. The van der Waals surface area contributed by atoms with Gasteiger partial charge in [-0.25, -0.2) is 4.98 Å². The van der Waals surface area contributed by atoms with E-state index < -0.39 is 23.5 Å². The van der Waals surface area contributed by atoms with Crippen LogP contribution < -0.4 is 10.6 Å². The van der Waals surface area contributed by atoms with Crippen molar-refractivity contribution in [3.8, 4) is 0 Å². The van der Waals surface area contributed by atoms with Gasteiger partial charge in [-0.3, -0.25) is 0 Å². The third-order valence-electron chi connectivity index (χ3n) is 7.69. The van der Waals surface area contributed by atoms with Gasteiger partial charge in [0.2, 0.25) is 0 Å². The molecule has 0 radical (unpaired) electrons. The SMILES string of the molecule is Cc1noc2nc(C(CN)CC3CCCC3)c(CN(Cc3cc(C(F)(F)F)cc(C(F)(F)F)c3)c3nnn(C)n3)cc12. The zero-order valence-electron chi connectivity index (χ0n) is 23.0. The topological polar surface area (TPSA) is 112 Å². The van der Waals surface area contributed by atoms with Crippen molar-refractivity contribution in [3.05, 3.63) is 57.9 Å². The maximum absolute atomic E-state index is 13.6. The third kappa shape index (κ3) is 6.50. The first-order valence-corrected chi connectivity index (χ1v) is 13.5. The molecule has 2 N–H and O–H groups in total. The Labute approximate surface area is 237 Å². The Morgan fingerprint density at radius 1 is 1.02 bits per heavy atom. The molecule has 0 bridgehead atoms. The Kier molecular flexibility index (Phi) is 8.14. The van der Waals surface area contributed by atoms with Gasteiger partial charge in [0, 0.05) is 25.6 Å². The van der Waals surface area contributed by atoms with Gasteiger partial charge in [-0.05, 0) is 59.9 Å². The van der Waals surface area contributed by atoms with Crippen LogP contribution in [0.1, 0.15) is 71.7 Å². The summed E-state index contributed by atoms with van der Waals surface area (Å²) in [6.07, 6.45) is -4.70. The first-order valence-electron chi connectivity index (χ1n) is 13.5. The van der Waals surface area contributed by atoms with Crippen LogP contribution in [-0.4, -0.2) is 36.9 Å². The van der Waals surface area contributed by atoms with Crippen LogP contribution in [0.15, 0.2) is 28.8 Å². The summed E-state index contributed by atoms with van der Waals surface area (Å²) < 4.78 is 87.0. The second kappa shape index (κ2) is 11.5. The summed E-state index contributed by atoms with van der Waals surface area (Å²) in [7, 11) is 1.51. The van der Waals surface area contributed by atoms with Crippen molar-refractivity contribution in [1.82, 2.24) is 30.3 Å². The van der Waals surface area contributed by atoms with Crippen molar-refractivity contribution < 1.29 is 30.9 Å². The van der Waals surface area contributed by atoms with E-state index in [1.807, 2.05) is 6.07 Å². The highest BCUT2D eigenvalue weighted by molar-refractivity contribution is 5.77. The number of rotatable bonds is 9. The average Bonchev–Trinajstić information content (AvgIpc) is 3.68. The number of pyridine rings is 1. The standard InChI is InChI=1S/C27H30F6N8O/c1-15-22-10-19(23(35-24(22)42-38-15)18(12-34)7-16-5-3-4-6-16)14-41(25-36-39-40(2)37-25)13-17-8-20(26(28,29)30)11-21(9-17)27(31,32)33/h8-11,16,18H,3-7,12-14,34H2,1-2H3. The number of hydrogen-bond acceptors (Lipinski definition) is 8. The highest BCUT2D eigenvalue weighted by Gasteiger charge is 2.37. The monoisotopic (exact) mass is 596 g/mol. The van der Waals surface area contributed by atoms with E-state index in [0.29, 0.717) is 52.6 Å². The van der Waals surface area contributed by atoms with Crippen LogP contribution in [0, 0.1) is 12.8 Å². The fraction of sp³-hybridized carbons (Fsp3) is 0.519. The van der Waals surface area contributed by atoms with Crippen molar-refractivity contribution in [1.29, 1.82) is 0 Å². The van der Waals surface area contributed by atoms with Crippen LogP contribution in [-0.2, 0) is 32.5 Å². The zero-order valence-corrected chi connectivity index (χ0v) is 23.0. The number of hydrogen-bond donors (Lipinski definition) is 1. The van der Waals surface area contributed by atoms with Crippen LogP contribution in [0.5, 0.6) is 0 Å². The molecule has 15 heteroatoms. The minimum absolute atomic E-state index is 0.00729. The van der Waals surface area contributed by atoms with Gasteiger partial charge in [0.15, 0.2) is 0 Å². The van der Waals surface area contributed by atoms with Gasteiger partial charge in [-0.15, -0.1) is 5.10 Å². The molecule has 42 heavy (non-hydrogen) atoms. The van der Waals surface area contributed by atoms with E-state index in [-0.39, 0.29) is 36.6 Å². The third-order valence-corrected chi connectivity index (χ3v) is 7.69. The highest BCUT2D eigenvalue weighted by atomic mass is 19.4. The van der Waals surface area contributed by atoms with E-state index in [1.54, 1.807) is 6.92 Å². The van der Waals surface area contributed by atoms with Crippen LogP contribution in [0.4, 0.5) is 32.3 Å². The minimum Gasteiger partial charge on any atom is -0.336 e. The van der Waals surface area contributed by atoms with Gasteiger partial charge in [0.05, 0.1) is 34.9 Å². The van der Waals surface area contributed by atoms with Crippen molar-refractivity contribution in [3.63, 3.8) is 0 Å². The molecule has 1 unspecified atom stereocenters. The number of anilines is 1. The molecule has 1 fully saturated rings. The van der Waals surface area contributed by atoms with Crippen molar-refractivity contribution in [2.75, 3.05) is 11.4 Å². The van der Waals surface area contributed by atoms with Crippen LogP contribution in [0.3, 0.4) is 0 Å². The number of alkyl halides is 6. The zero-order chi connectivity index (χ0) is 30.2. The van der Waals surface area contributed by atoms with E-state index in [9.17, 15) is 26.3 Å². The molecule has 0 spiro atoms. The maximum Gasteiger partial charge on any atom is 0.416 e. The normalized spacial score (nSPS) is 15.5. The van der Waals surface area contributed by atoms with Gasteiger partial charge in [0.1, 0.15) is 0 Å². The lowest BCUT2D eigenvalue weighted by atomic mass is 9.88. The van der Waals surface area contributed by atoms with E-state index in [1.165, 1.54) is 11.9 Å². The molecule has 0 amide bonds. The number of benzene rings is 1. The Morgan fingerprint density at radius 2 is 1.69 bits per heavy atom. The molecule has 1 aliphatic carbocycles. The molecule has 3 aromatic heterocycles. The molecule has 0 saturated heterocycles. The largest absolute Gasteiger partial charge is 0.416 e. The van der Waals surface area contributed by atoms with Crippen molar-refractivity contribution in [2.45, 2.75) is 70.4 Å². The Hall–Kier alpha value is -3.75. The molecular formula is C27H30F6N8O. The molecular weight excluding hydrogens is 566 g/mol. The first kappa shape index (κ1) is 29.7. The minimum atomic E-state index is -4.98. The molecule has 9 nitrogen and oxygen atoms in total. The number of fused-ring (bicyclic) bond motifs is 1. The maximum atomic E-state index is 13.6. The molecule has 1 aliphatic rings. The Balaban J connectivity index is 1.58. The number of nitrogens with two attached hydrogens (primary N) is 1. The Morgan fingerprint density at radius 3 is 2.26 bits per heavy atom. The van der Waals surface area contributed by atoms with Gasteiger partial charge < -0.3 is 15.2 Å². The summed E-state index contributed by atoms with van der Waals surface area (Å²) in [6.45, 7) is 1.68. The summed E-state index contributed by atoms with van der Waals surface area (Å²) in [6, 6.07) is 3.34. The summed E-state index contributed by atoms with van der Waals surface area (Å²) >= 11 is 0. The van der Waals surface area contributed by atoms with Gasteiger partial charge in [-0.2, -0.15) is 31.1 Å². The predicted molar refractivity (Wildman–Crippen MR) is 140 cm³/mol. The number of aromatic nitrogens is 6. The highest BCUT2D eigenvalue weighted by Crippen LogP contribution is 2.38.